The first-order chi connectivity index (χ1) is 14.2. The highest BCUT2D eigenvalue weighted by Crippen LogP contribution is 2.37. The predicted octanol–water partition coefficient (Wildman–Crippen LogP) is 3.67. The third kappa shape index (κ3) is 4.87. The number of ether oxygens (including phenoxy) is 3. The second kappa shape index (κ2) is 9.64. The summed E-state index contributed by atoms with van der Waals surface area (Å²) in [7, 11) is 4.64. The molecule has 0 aliphatic carbocycles. The molecule has 0 fully saturated rings. The Kier molecular flexibility index (Phi) is 6.73. The Balaban J connectivity index is 1.53. The van der Waals surface area contributed by atoms with Crippen molar-refractivity contribution in [2.45, 2.75) is 19.3 Å². The van der Waals surface area contributed by atoms with E-state index in [0.29, 0.717) is 23.7 Å². The van der Waals surface area contributed by atoms with Gasteiger partial charge in [-0.3, -0.25) is 4.79 Å². The summed E-state index contributed by atoms with van der Waals surface area (Å²) in [5.41, 5.74) is 5.61. The van der Waals surface area contributed by atoms with Crippen LogP contribution in [-0.2, 0) is 11.2 Å². The maximum absolute atomic E-state index is 12.1. The number of carbonyl (C=O) groups is 1. The molecule has 152 valence electrons. The molecule has 0 spiro atoms. The van der Waals surface area contributed by atoms with Crippen LogP contribution in [0.15, 0.2) is 47.7 Å². The van der Waals surface area contributed by atoms with Crippen molar-refractivity contribution in [3.8, 4) is 17.2 Å². The topological polar surface area (TPSA) is 84.9 Å². The van der Waals surface area contributed by atoms with E-state index in [1.54, 1.807) is 39.7 Å². The Labute approximate surface area is 169 Å². The minimum Gasteiger partial charge on any atom is -0.493 e. The number of aromatic nitrogens is 1. The van der Waals surface area contributed by atoms with E-state index >= 15 is 0 Å². The maximum atomic E-state index is 12.1. The van der Waals surface area contributed by atoms with E-state index in [1.807, 2.05) is 24.4 Å². The number of methoxy groups -OCH3 is 3. The fourth-order valence-corrected chi connectivity index (χ4v) is 3.19. The Morgan fingerprint density at radius 1 is 1.10 bits per heavy atom. The second-order valence-corrected chi connectivity index (χ2v) is 6.46. The number of aryl methyl sites for hydroxylation is 1. The number of rotatable bonds is 9. The van der Waals surface area contributed by atoms with Crippen LogP contribution in [0.3, 0.4) is 0 Å². The lowest BCUT2D eigenvalue weighted by atomic mass is 10.1. The van der Waals surface area contributed by atoms with Gasteiger partial charge in [-0.25, -0.2) is 5.43 Å². The molecule has 1 amide bonds. The molecule has 2 N–H and O–H groups in total. The van der Waals surface area contributed by atoms with Gasteiger partial charge in [0.05, 0.1) is 27.5 Å². The van der Waals surface area contributed by atoms with E-state index in [4.69, 9.17) is 14.2 Å². The lowest BCUT2D eigenvalue weighted by Crippen LogP contribution is -2.17. The van der Waals surface area contributed by atoms with Crippen LogP contribution in [-0.4, -0.2) is 38.4 Å². The number of hydrogen-bond donors (Lipinski definition) is 2. The van der Waals surface area contributed by atoms with E-state index < -0.39 is 0 Å². The number of carbonyl (C=O) groups excluding carboxylic acids is 1. The number of benzene rings is 2. The first kappa shape index (κ1) is 20.3. The molecule has 2 aromatic carbocycles. The van der Waals surface area contributed by atoms with Crippen molar-refractivity contribution >= 4 is 23.0 Å². The highest BCUT2D eigenvalue weighted by molar-refractivity contribution is 5.85. The van der Waals surface area contributed by atoms with E-state index in [-0.39, 0.29) is 5.91 Å². The van der Waals surface area contributed by atoms with Crippen LogP contribution in [0, 0.1) is 0 Å². The number of fused-ring (bicyclic) bond motifs is 1. The standard InChI is InChI=1S/C22H25N3O4/c1-27-19-11-15(12-20(28-2)22(19)29-3)13-24-25-21(26)10-6-7-16-14-23-18-9-5-4-8-17(16)18/h4-5,8-9,11-14,23H,6-7,10H2,1-3H3,(H,25,26). The van der Waals surface area contributed by atoms with Gasteiger partial charge in [0.25, 0.3) is 0 Å². The SMILES string of the molecule is COc1cc(C=NNC(=O)CCCc2c[nH]c3ccccc23)cc(OC)c1OC. The number of nitrogens with one attached hydrogen (secondary N) is 2. The van der Waals surface area contributed by atoms with Crippen molar-refractivity contribution in [2.75, 3.05) is 21.3 Å². The molecule has 1 aromatic heterocycles. The van der Waals surface area contributed by atoms with E-state index in [0.717, 1.165) is 23.9 Å². The van der Waals surface area contributed by atoms with Gasteiger partial charge >= 0.3 is 0 Å². The fraction of sp³-hybridized carbons (Fsp3) is 0.273. The minimum absolute atomic E-state index is 0.131. The van der Waals surface area contributed by atoms with Crippen LogP contribution >= 0.6 is 0 Å². The monoisotopic (exact) mass is 395 g/mol. The molecule has 7 nitrogen and oxygen atoms in total. The molecule has 0 aliphatic rings. The second-order valence-electron chi connectivity index (χ2n) is 6.46. The predicted molar refractivity (Wildman–Crippen MR) is 113 cm³/mol. The van der Waals surface area contributed by atoms with Gasteiger partial charge < -0.3 is 19.2 Å². The van der Waals surface area contributed by atoms with E-state index in [2.05, 4.69) is 21.6 Å². The Bertz CT molecular complexity index is 985. The van der Waals surface area contributed by atoms with Crippen LogP contribution < -0.4 is 19.6 Å². The molecule has 0 aliphatic heterocycles. The summed E-state index contributed by atoms with van der Waals surface area (Å²) in [6.45, 7) is 0. The Morgan fingerprint density at radius 3 is 2.52 bits per heavy atom. The molecular formula is C22H25N3O4. The van der Waals surface area contributed by atoms with Crippen LogP contribution in [0.4, 0.5) is 0 Å². The molecule has 29 heavy (non-hydrogen) atoms. The van der Waals surface area contributed by atoms with Crippen molar-refractivity contribution in [2.24, 2.45) is 5.10 Å². The first-order valence-electron chi connectivity index (χ1n) is 9.33. The summed E-state index contributed by atoms with van der Waals surface area (Å²) < 4.78 is 15.9. The first-order valence-corrected chi connectivity index (χ1v) is 9.33. The van der Waals surface area contributed by atoms with Gasteiger partial charge in [0.2, 0.25) is 11.7 Å². The van der Waals surface area contributed by atoms with Crippen molar-refractivity contribution in [3.05, 3.63) is 53.7 Å². The van der Waals surface area contributed by atoms with Crippen molar-refractivity contribution in [3.63, 3.8) is 0 Å². The molecule has 7 heteroatoms. The zero-order valence-corrected chi connectivity index (χ0v) is 16.8. The fourth-order valence-electron chi connectivity index (χ4n) is 3.19. The highest BCUT2D eigenvalue weighted by atomic mass is 16.5. The smallest absolute Gasteiger partial charge is 0.240 e. The number of H-pyrrole nitrogens is 1. The number of nitrogens with zero attached hydrogens (tertiary/aromatic N) is 1. The number of para-hydroxylation sites is 1. The van der Waals surface area contributed by atoms with Gasteiger partial charge in [-0.15, -0.1) is 0 Å². The molecule has 0 radical (unpaired) electrons. The van der Waals surface area contributed by atoms with Crippen molar-refractivity contribution in [1.82, 2.24) is 10.4 Å². The Hall–Kier alpha value is -3.48. The van der Waals surface area contributed by atoms with Gasteiger partial charge in [0.1, 0.15) is 0 Å². The van der Waals surface area contributed by atoms with Gasteiger partial charge in [-0.2, -0.15) is 5.10 Å². The van der Waals surface area contributed by atoms with Crippen molar-refractivity contribution < 1.29 is 19.0 Å². The number of hydrazone groups is 1. The average Bonchev–Trinajstić information content (AvgIpc) is 3.16. The minimum atomic E-state index is -0.131. The summed E-state index contributed by atoms with van der Waals surface area (Å²) in [6, 6.07) is 11.7. The quantitative estimate of drug-likeness (QED) is 0.428. The van der Waals surface area contributed by atoms with Crippen LogP contribution in [0.1, 0.15) is 24.0 Å². The average molecular weight is 395 g/mol. The molecule has 1 heterocycles. The largest absolute Gasteiger partial charge is 0.493 e. The molecular weight excluding hydrogens is 370 g/mol. The van der Waals surface area contributed by atoms with Gasteiger partial charge in [-0.1, -0.05) is 18.2 Å². The van der Waals surface area contributed by atoms with E-state index in [1.165, 1.54) is 10.9 Å². The summed E-state index contributed by atoms with van der Waals surface area (Å²) >= 11 is 0. The van der Waals surface area contributed by atoms with Gasteiger partial charge in [0, 0.05) is 29.1 Å². The summed E-state index contributed by atoms with van der Waals surface area (Å²) in [5, 5.41) is 5.23. The summed E-state index contributed by atoms with van der Waals surface area (Å²) in [4.78, 5) is 15.3. The van der Waals surface area contributed by atoms with E-state index in [9.17, 15) is 4.79 Å². The molecule has 0 bridgehead atoms. The number of amides is 1. The third-order valence-corrected chi connectivity index (χ3v) is 4.61. The van der Waals surface area contributed by atoms with Crippen LogP contribution in [0.5, 0.6) is 17.2 Å². The lowest BCUT2D eigenvalue weighted by molar-refractivity contribution is -0.121. The van der Waals surface area contributed by atoms with Crippen molar-refractivity contribution in [1.29, 1.82) is 0 Å². The zero-order chi connectivity index (χ0) is 20.6. The normalized spacial score (nSPS) is 11.0. The zero-order valence-electron chi connectivity index (χ0n) is 16.8. The number of aromatic amines is 1. The summed E-state index contributed by atoms with van der Waals surface area (Å²) in [5.74, 6) is 1.43. The van der Waals surface area contributed by atoms with Gasteiger partial charge in [0.15, 0.2) is 11.5 Å². The molecule has 0 atom stereocenters. The van der Waals surface area contributed by atoms with Gasteiger partial charge in [-0.05, 0) is 36.6 Å². The summed E-state index contributed by atoms with van der Waals surface area (Å²) in [6.07, 6.45) is 5.51. The highest BCUT2D eigenvalue weighted by Gasteiger charge is 2.12. The van der Waals surface area contributed by atoms with Crippen LogP contribution in [0.2, 0.25) is 0 Å². The Morgan fingerprint density at radius 2 is 1.83 bits per heavy atom. The third-order valence-electron chi connectivity index (χ3n) is 4.61. The molecule has 3 aromatic rings. The number of hydrogen-bond acceptors (Lipinski definition) is 5. The lowest BCUT2D eigenvalue weighted by Gasteiger charge is -2.12. The molecule has 0 saturated carbocycles. The van der Waals surface area contributed by atoms with Crippen LogP contribution in [0.25, 0.3) is 10.9 Å². The molecule has 0 unspecified atom stereocenters. The molecule has 3 rings (SSSR count). The molecule has 0 saturated heterocycles. The maximum Gasteiger partial charge on any atom is 0.240 e.